The molecule has 2 aromatic rings. The van der Waals surface area contributed by atoms with E-state index in [0.29, 0.717) is 13.0 Å². The van der Waals surface area contributed by atoms with Crippen molar-refractivity contribution in [1.82, 2.24) is 14.8 Å². The standard InChI is InChI=1S/C25H39N3O3/c1-6-8-16-27(3)25(30)22(15-14-20(31-5)11-7-2)26-24(29)17-19-18-28(4)23-13-10-9-12-21(19)23/h9-10,12-13,18,20,22H,6-8,11,14-17H2,1-5H3,(H,26,29). The maximum atomic E-state index is 13.1. The van der Waals surface area contributed by atoms with Crippen LogP contribution in [0.5, 0.6) is 0 Å². The van der Waals surface area contributed by atoms with Gasteiger partial charge in [-0.3, -0.25) is 9.59 Å². The summed E-state index contributed by atoms with van der Waals surface area (Å²) < 4.78 is 7.59. The summed E-state index contributed by atoms with van der Waals surface area (Å²) in [5.74, 6) is -0.144. The fourth-order valence-corrected chi connectivity index (χ4v) is 4.07. The van der Waals surface area contributed by atoms with E-state index >= 15 is 0 Å². The number of aromatic nitrogens is 1. The lowest BCUT2D eigenvalue weighted by Crippen LogP contribution is -2.48. The summed E-state index contributed by atoms with van der Waals surface area (Å²) in [4.78, 5) is 27.8. The van der Waals surface area contributed by atoms with E-state index in [1.54, 1.807) is 12.0 Å². The van der Waals surface area contributed by atoms with E-state index in [9.17, 15) is 9.59 Å². The van der Waals surface area contributed by atoms with Gasteiger partial charge in [0, 0.05) is 44.8 Å². The molecule has 6 heteroatoms. The lowest BCUT2D eigenvalue weighted by atomic mass is 10.0. The molecule has 0 saturated carbocycles. The molecule has 0 aliphatic carbocycles. The van der Waals surface area contributed by atoms with Crippen LogP contribution in [0.1, 0.15) is 57.9 Å². The Morgan fingerprint density at radius 1 is 1.13 bits per heavy atom. The average Bonchev–Trinajstić information content (AvgIpc) is 3.08. The number of ether oxygens (including phenoxy) is 1. The zero-order valence-corrected chi connectivity index (χ0v) is 19.8. The Balaban J connectivity index is 2.10. The van der Waals surface area contributed by atoms with E-state index in [1.165, 1.54) is 0 Å². The highest BCUT2D eigenvalue weighted by Crippen LogP contribution is 2.21. The first-order valence-corrected chi connectivity index (χ1v) is 11.5. The number of carbonyl (C=O) groups excluding carboxylic acids is 2. The molecule has 0 saturated heterocycles. The second-order valence-electron chi connectivity index (χ2n) is 8.42. The van der Waals surface area contributed by atoms with Crippen molar-refractivity contribution in [1.29, 1.82) is 0 Å². The van der Waals surface area contributed by atoms with Gasteiger partial charge in [-0.15, -0.1) is 0 Å². The number of aryl methyl sites for hydroxylation is 1. The minimum Gasteiger partial charge on any atom is -0.381 e. The number of hydrogen-bond acceptors (Lipinski definition) is 3. The summed E-state index contributed by atoms with van der Waals surface area (Å²) in [6.45, 7) is 4.93. The number of fused-ring (bicyclic) bond motifs is 1. The Bertz CT molecular complexity index is 846. The average molecular weight is 430 g/mol. The van der Waals surface area contributed by atoms with Gasteiger partial charge in [-0.05, 0) is 37.3 Å². The molecule has 172 valence electrons. The van der Waals surface area contributed by atoms with Crippen LogP contribution < -0.4 is 5.32 Å². The first-order chi connectivity index (χ1) is 14.9. The topological polar surface area (TPSA) is 63.6 Å². The van der Waals surface area contributed by atoms with Gasteiger partial charge in [-0.25, -0.2) is 0 Å². The number of methoxy groups -OCH3 is 1. The van der Waals surface area contributed by atoms with Gasteiger partial charge in [-0.1, -0.05) is 44.9 Å². The molecule has 2 unspecified atom stereocenters. The summed E-state index contributed by atoms with van der Waals surface area (Å²) in [6, 6.07) is 7.53. The van der Waals surface area contributed by atoms with Gasteiger partial charge in [0.2, 0.25) is 11.8 Å². The van der Waals surface area contributed by atoms with Crippen LogP contribution in [0.4, 0.5) is 0 Å². The first-order valence-electron chi connectivity index (χ1n) is 11.5. The van der Waals surface area contributed by atoms with Gasteiger partial charge < -0.3 is 19.5 Å². The molecule has 1 N–H and O–H groups in total. The maximum absolute atomic E-state index is 13.1. The molecule has 0 bridgehead atoms. The molecule has 2 atom stereocenters. The second kappa shape index (κ2) is 12.5. The molecular formula is C25H39N3O3. The van der Waals surface area contributed by atoms with Crippen LogP contribution in [-0.4, -0.2) is 54.1 Å². The number of unbranched alkanes of at least 4 members (excludes halogenated alkanes) is 1. The van der Waals surface area contributed by atoms with Crippen LogP contribution in [0.2, 0.25) is 0 Å². The Labute approximate surface area is 186 Å². The molecule has 1 heterocycles. The summed E-state index contributed by atoms with van der Waals surface area (Å²) in [5, 5.41) is 4.10. The van der Waals surface area contributed by atoms with E-state index in [-0.39, 0.29) is 24.3 Å². The Kier molecular flexibility index (Phi) is 10.0. The highest BCUT2D eigenvalue weighted by atomic mass is 16.5. The molecule has 31 heavy (non-hydrogen) atoms. The predicted molar refractivity (Wildman–Crippen MR) is 126 cm³/mol. The molecule has 6 nitrogen and oxygen atoms in total. The molecular weight excluding hydrogens is 390 g/mol. The van der Waals surface area contributed by atoms with Crippen molar-refractivity contribution >= 4 is 22.7 Å². The number of nitrogens with zero attached hydrogens (tertiary/aromatic N) is 2. The van der Waals surface area contributed by atoms with Crippen LogP contribution in [0, 0.1) is 0 Å². The van der Waals surface area contributed by atoms with Crippen molar-refractivity contribution in [2.75, 3.05) is 20.7 Å². The number of benzene rings is 1. The number of nitrogens with one attached hydrogen (secondary N) is 1. The zero-order chi connectivity index (χ0) is 22.8. The Hall–Kier alpha value is -2.34. The Morgan fingerprint density at radius 2 is 1.87 bits per heavy atom. The molecule has 0 fully saturated rings. The normalized spacial score (nSPS) is 13.2. The molecule has 1 aromatic carbocycles. The first kappa shape index (κ1) is 24.9. The third-order valence-corrected chi connectivity index (χ3v) is 5.91. The molecule has 0 spiro atoms. The largest absolute Gasteiger partial charge is 0.381 e. The predicted octanol–water partition coefficient (Wildman–Crippen LogP) is 4.06. The summed E-state index contributed by atoms with van der Waals surface area (Å²) in [6.07, 6.45) is 7.65. The van der Waals surface area contributed by atoms with Crippen molar-refractivity contribution in [3.8, 4) is 0 Å². The lowest BCUT2D eigenvalue weighted by Gasteiger charge is -2.26. The minimum absolute atomic E-state index is 0.0222. The fourth-order valence-electron chi connectivity index (χ4n) is 4.07. The van der Waals surface area contributed by atoms with Crippen molar-refractivity contribution in [3.63, 3.8) is 0 Å². The highest BCUT2D eigenvalue weighted by molar-refractivity contribution is 5.92. The molecule has 0 aliphatic rings. The van der Waals surface area contributed by atoms with Crippen molar-refractivity contribution in [2.24, 2.45) is 7.05 Å². The van der Waals surface area contributed by atoms with E-state index in [0.717, 1.165) is 48.6 Å². The highest BCUT2D eigenvalue weighted by Gasteiger charge is 2.25. The zero-order valence-electron chi connectivity index (χ0n) is 19.8. The van der Waals surface area contributed by atoms with Gasteiger partial charge in [0.1, 0.15) is 6.04 Å². The van der Waals surface area contributed by atoms with E-state index < -0.39 is 6.04 Å². The number of amides is 2. The quantitative estimate of drug-likeness (QED) is 0.522. The molecule has 0 radical (unpaired) electrons. The van der Waals surface area contributed by atoms with Crippen LogP contribution in [0.15, 0.2) is 30.5 Å². The Morgan fingerprint density at radius 3 is 2.55 bits per heavy atom. The van der Waals surface area contributed by atoms with Gasteiger partial charge >= 0.3 is 0 Å². The number of rotatable bonds is 13. The summed E-state index contributed by atoms with van der Waals surface area (Å²) >= 11 is 0. The molecule has 0 aliphatic heterocycles. The van der Waals surface area contributed by atoms with Gasteiger partial charge in [0.15, 0.2) is 0 Å². The lowest BCUT2D eigenvalue weighted by molar-refractivity contribution is -0.135. The molecule has 1 aromatic heterocycles. The van der Waals surface area contributed by atoms with Crippen LogP contribution in [0.3, 0.4) is 0 Å². The van der Waals surface area contributed by atoms with Gasteiger partial charge in [0.05, 0.1) is 12.5 Å². The van der Waals surface area contributed by atoms with E-state index in [1.807, 2.05) is 49.1 Å². The van der Waals surface area contributed by atoms with Gasteiger partial charge in [-0.2, -0.15) is 0 Å². The van der Waals surface area contributed by atoms with Crippen LogP contribution >= 0.6 is 0 Å². The number of hydrogen-bond donors (Lipinski definition) is 1. The summed E-state index contributed by atoms with van der Waals surface area (Å²) in [7, 11) is 5.52. The second-order valence-corrected chi connectivity index (χ2v) is 8.42. The number of likely N-dealkylation sites (N-methyl/N-ethyl adjacent to an activating group) is 1. The smallest absolute Gasteiger partial charge is 0.244 e. The van der Waals surface area contributed by atoms with Gasteiger partial charge in [0.25, 0.3) is 0 Å². The van der Waals surface area contributed by atoms with E-state index in [2.05, 4.69) is 19.2 Å². The number of carbonyl (C=O) groups is 2. The van der Waals surface area contributed by atoms with Crippen molar-refractivity contribution in [2.45, 2.75) is 70.9 Å². The third kappa shape index (κ3) is 7.10. The fraction of sp³-hybridized carbons (Fsp3) is 0.600. The number of para-hydroxylation sites is 1. The van der Waals surface area contributed by atoms with Crippen LogP contribution in [0.25, 0.3) is 10.9 Å². The monoisotopic (exact) mass is 429 g/mol. The SMILES string of the molecule is CCCCN(C)C(=O)C(CCC(CCC)OC)NC(=O)Cc1cn(C)c2ccccc12. The maximum Gasteiger partial charge on any atom is 0.244 e. The van der Waals surface area contributed by atoms with E-state index in [4.69, 9.17) is 4.74 Å². The minimum atomic E-state index is -0.529. The third-order valence-electron chi connectivity index (χ3n) is 5.91. The molecule has 2 rings (SSSR count). The summed E-state index contributed by atoms with van der Waals surface area (Å²) in [5.41, 5.74) is 2.07. The molecule has 2 amide bonds. The van der Waals surface area contributed by atoms with Crippen molar-refractivity contribution in [3.05, 3.63) is 36.0 Å². The van der Waals surface area contributed by atoms with Crippen molar-refractivity contribution < 1.29 is 14.3 Å². The van der Waals surface area contributed by atoms with Crippen LogP contribution in [-0.2, 0) is 27.8 Å².